The van der Waals surface area contributed by atoms with Gasteiger partial charge in [-0.1, -0.05) is 56.8 Å². The molecule has 0 aliphatic rings. The molecule has 5 nitrogen and oxygen atoms in total. The molecule has 0 aliphatic carbocycles. The smallest absolute Gasteiger partial charge is 0.180 e. The normalized spacial score (nSPS) is 12.4. The van der Waals surface area contributed by atoms with Gasteiger partial charge in [-0.25, -0.2) is 0 Å². The van der Waals surface area contributed by atoms with E-state index >= 15 is 0 Å². The number of ether oxygens (including phenoxy) is 2. The SMILES string of the molecule is COc1cc(/C=N\N=C(/N)SC)ccc1OCc1ccc(C(C)(C)C)cc1. The van der Waals surface area contributed by atoms with Crippen molar-refractivity contribution in [2.45, 2.75) is 32.8 Å². The highest BCUT2D eigenvalue weighted by Crippen LogP contribution is 2.29. The van der Waals surface area contributed by atoms with Crippen LogP contribution in [-0.4, -0.2) is 24.7 Å². The predicted molar refractivity (Wildman–Crippen MR) is 115 cm³/mol. The van der Waals surface area contributed by atoms with Gasteiger partial charge in [-0.15, -0.1) is 5.10 Å². The zero-order valence-corrected chi connectivity index (χ0v) is 17.3. The molecule has 0 unspecified atom stereocenters. The maximum absolute atomic E-state index is 5.93. The van der Waals surface area contributed by atoms with Crippen LogP contribution >= 0.6 is 11.8 Å². The molecule has 0 radical (unpaired) electrons. The molecule has 144 valence electrons. The lowest BCUT2D eigenvalue weighted by Gasteiger charge is -2.19. The Labute approximate surface area is 165 Å². The van der Waals surface area contributed by atoms with Gasteiger partial charge in [0.05, 0.1) is 13.3 Å². The van der Waals surface area contributed by atoms with Crippen molar-refractivity contribution in [3.63, 3.8) is 0 Å². The molecule has 27 heavy (non-hydrogen) atoms. The summed E-state index contributed by atoms with van der Waals surface area (Å²) >= 11 is 1.35. The largest absolute Gasteiger partial charge is 0.493 e. The highest BCUT2D eigenvalue weighted by Gasteiger charge is 2.13. The van der Waals surface area contributed by atoms with Crippen molar-refractivity contribution in [1.82, 2.24) is 0 Å². The van der Waals surface area contributed by atoms with E-state index in [4.69, 9.17) is 15.2 Å². The fourth-order valence-electron chi connectivity index (χ4n) is 2.34. The number of hydrogen-bond donors (Lipinski definition) is 1. The molecule has 2 rings (SSSR count). The Morgan fingerprint density at radius 1 is 1.11 bits per heavy atom. The van der Waals surface area contributed by atoms with E-state index < -0.39 is 0 Å². The monoisotopic (exact) mass is 385 g/mol. The molecule has 0 heterocycles. The lowest BCUT2D eigenvalue weighted by molar-refractivity contribution is 0.284. The third-order valence-corrected chi connectivity index (χ3v) is 4.47. The first-order valence-electron chi connectivity index (χ1n) is 8.64. The molecule has 2 N–H and O–H groups in total. The Hall–Kier alpha value is -2.47. The van der Waals surface area contributed by atoms with Crippen LogP contribution in [0.5, 0.6) is 11.5 Å². The van der Waals surface area contributed by atoms with Gasteiger partial charge >= 0.3 is 0 Å². The van der Waals surface area contributed by atoms with E-state index in [0.717, 1.165) is 11.1 Å². The topological polar surface area (TPSA) is 69.2 Å². The van der Waals surface area contributed by atoms with E-state index in [0.29, 0.717) is 23.3 Å². The summed E-state index contributed by atoms with van der Waals surface area (Å²) in [6.07, 6.45) is 3.47. The van der Waals surface area contributed by atoms with Gasteiger partial charge in [0.1, 0.15) is 6.61 Å². The summed E-state index contributed by atoms with van der Waals surface area (Å²) in [5.74, 6) is 1.33. The van der Waals surface area contributed by atoms with E-state index in [1.807, 2.05) is 24.5 Å². The number of rotatable bonds is 6. The highest BCUT2D eigenvalue weighted by atomic mass is 32.2. The molecule has 0 amide bonds. The zero-order chi connectivity index (χ0) is 19.9. The second-order valence-corrected chi connectivity index (χ2v) is 7.86. The Bertz CT molecular complexity index is 809. The van der Waals surface area contributed by atoms with Gasteiger partial charge in [-0.2, -0.15) is 5.10 Å². The van der Waals surface area contributed by atoms with Crippen LogP contribution < -0.4 is 15.2 Å². The van der Waals surface area contributed by atoms with Crippen LogP contribution in [0.15, 0.2) is 52.7 Å². The number of methoxy groups -OCH3 is 1. The maximum Gasteiger partial charge on any atom is 0.180 e. The molecule has 6 heteroatoms. The van der Waals surface area contributed by atoms with Gasteiger partial charge in [0.15, 0.2) is 16.7 Å². The number of thioether (sulfide) groups is 1. The summed E-state index contributed by atoms with van der Waals surface area (Å²) in [4.78, 5) is 0. The second-order valence-electron chi connectivity index (χ2n) is 7.03. The first kappa shape index (κ1) is 20.8. The van der Waals surface area contributed by atoms with Gasteiger partial charge in [-0.05, 0) is 46.6 Å². The first-order chi connectivity index (χ1) is 12.8. The number of nitrogens with two attached hydrogens (primary N) is 1. The number of benzene rings is 2. The standard InChI is InChI=1S/C21H27N3O2S/c1-21(2,3)17-9-6-15(7-10-17)14-26-18-11-8-16(12-19(18)25-4)13-23-24-20(22)27-5/h6-13H,14H2,1-5H3,(H2,22,24)/b23-13-. The minimum absolute atomic E-state index is 0.143. The van der Waals surface area contributed by atoms with Gasteiger partial charge in [-0.3, -0.25) is 0 Å². The Morgan fingerprint density at radius 3 is 2.41 bits per heavy atom. The lowest BCUT2D eigenvalue weighted by atomic mass is 9.87. The summed E-state index contributed by atoms with van der Waals surface area (Å²) in [6.45, 7) is 7.08. The summed E-state index contributed by atoms with van der Waals surface area (Å²) in [7, 11) is 1.62. The maximum atomic E-state index is 5.93. The van der Waals surface area contributed by atoms with Crippen LogP contribution in [0.2, 0.25) is 0 Å². The average Bonchev–Trinajstić information content (AvgIpc) is 2.66. The Morgan fingerprint density at radius 2 is 1.81 bits per heavy atom. The van der Waals surface area contributed by atoms with Crippen molar-refractivity contribution in [3.8, 4) is 11.5 Å². The van der Waals surface area contributed by atoms with Crippen molar-refractivity contribution < 1.29 is 9.47 Å². The van der Waals surface area contributed by atoms with Gasteiger partial charge in [0.25, 0.3) is 0 Å². The summed E-state index contributed by atoms with van der Waals surface area (Å²) in [5, 5.41) is 8.24. The molecule has 2 aromatic rings. The van der Waals surface area contributed by atoms with E-state index in [-0.39, 0.29) is 5.41 Å². The van der Waals surface area contributed by atoms with Crippen LogP contribution in [0.1, 0.15) is 37.5 Å². The van der Waals surface area contributed by atoms with Crippen molar-refractivity contribution in [2.24, 2.45) is 15.9 Å². The summed E-state index contributed by atoms with van der Waals surface area (Å²) in [6, 6.07) is 14.1. The summed E-state index contributed by atoms with van der Waals surface area (Å²) in [5.41, 5.74) is 9.01. The number of nitrogens with zero attached hydrogens (tertiary/aromatic N) is 2. The van der Waals surface area contributed by atoms with E-state index in [1.54, 1.807) is 13.3 Å². The van der Waals surface area contributed by atoms with Gasteiger partial charge in [0.2, 0.25) is 0 Å². The van der Waals surface area contributed by atoms with Crippen LogP contribution in [0, 0.1) is 0 Å². The molecular formula is C21H27N3O2S. The molecular weight excluding hydrogens is 358 g/mol. The zero-order valence-electron chi connectivity index (χ0n) is 16.5. The van der Waals surface area contributed by atoms with Crippen molar-refractivity contribution in [2.75, 3.05) is 13.4 Å². The molecule has 0 aliphatic heterocycles. The summed E-state index contributed by atoms with van der Waals surface area (Å²) < 4.78 is 11.4. The molecule has 0 bridgehead atoms. The average molecular weight is 386 g/mol. The molecule has 0 spiro atoms. The highest BCUT2D eigenvalue weighted by molar-refractivity contribution is 8.13. The lowest BCUT2D eigenvalue weighted by Crippen LogP contribution is -2.10. The van der Waals surface area contributed by atoms with Crippen LogP contribution in [0.3, 0.4) is 0 Å². The van der Waals surface area contributed by atoms with E-state index in [9.17, 15) is 0 Å². The minimum Gasteiger partial charge on any atom is -0.493 e. The molecule has 2 aromatic carbocycles. The van der Waals surface area contributed by atoms with Gasteiger partial charge in [0, 0.05) is 0 Å². The van der Waals surface area contributed by atoms with Crippen molar-refractivity contribution in [3.05, 3.63) is 59.2 Å². The minimum atomic E-state index is 0.143. The fraction of sp³-hybridized carbons (Fsp3) is 0.333. The van der Waals surface area contributed by atoms with Crippen LogP contribution in [0.4, 0.5) is 0 Å². The van der Waals surface area contributed by atoms with E-state index in [2.05, 4.69) is 55.2 Å². The second kappa shape index (κ2) is 9.46. The molecule has 0 atom stereocenters. The Kier molecular flexibility index (Phi) is 7.30. The molecule has 0 saturated carbocycles. The van der Waals surface area contributed by atoms with Gasteiger partial charge < -0.3 is 15.2 Å². The Balaban J connectivity index is 2.06. The first-order valence-corrected chi connectivity index (χ1v) is 9.86. The fourth-order valence-corrected chi connectivity index (χ4v) is 2.47. The third-order valence-electron chi connectivity index (χ3n) is 3.97. The molecule has 0 saturated heterocycles. The van der Waals surface area contributed by atoms with Crippen molar-refractivity contribution >= 4 is 23.1 Å². The molecule has 0 fully saturated rings. The predicted octanol–water partition coefficient (Wildman–Crippen LogP) is 4.58. The molecule has 0 aromatic heterocycles. The third kappa shape index (κ3) is 6.32. The number of hydrogen-bond acceptors (Lipinski definition) is 5. The van der Waals surface area contributed by atoms with Crippen LogP contribution in [-0.2, 0) is 12.0 Å². The van der Waals surface area contributed by atoms with Crippen molar-refractivity contribution in [1.29, 1.82) is 0 Å². The van der Waals surface area contributed by atoms with E-state index in [1.165, 1.54) is 17.3 Å². The number of amidine groups is 1. The quantitative estimate of drug-likeness (QED) is 0.449. The van der Waals surface area contributed by atoms with Crippen LogP contribution in [0.25, 0.3) is 0 Å².